The van der Waals surface area contributed by atoms with Gasteiger partial charge in [0.2, 0.25) is 0 Å². The molecule has 1 aromatic carbocycles. The molecule has 1 aliphatic heterocycles. The molecule has 0 saturated carbocycles. The Bertz CT molecular complexity index is 1330. The van der Waals surface area contributed by atoms with Gasteiger partial charge in [0.05, 0.1) is 12.6 Å². The van der Waals surface area contributed by atoms with Crippen molar-refractivity contribution in [1.29, 1.82) is 0 Å². The molecular weight excluding hydrogens is 431 g/mol. The number of aromatic nitrogens is 3. The summed E-state index contributed by atoms with van der Waals surface area (Å²) in [5.41, 5.74) is 2.56. The first kappa shape index (κ1) is 22.3. The SMILES string of the molecule is CC(C)N1CCC(c2nc(C(=O)Cc3cc4cc(-c5cncc(F)c5)ccc4cn3)co2)CC1. The maximum Gasteiger partial charge on any atom is 0.197 e. The summed E-state index contributed by atoms with van der Waals surface area (Å²) in [5.74, 6) is 0.417. The molecule has 0 radical (unpaired) electrons. The van der Waals surface area contributed by atoms with E-state index in [0.717, 1.165) is 42.3 Å². The van der Waals surface area contributed by atoms with Crippen molar-refractivity contribution in [2.24, 2.45) is 0 Å². The normalized spacial score (nSPS) is 15.3. The van der Waals surface area contributed by atoms with Crippen LogP contribution in [-0.4, -0.2) is 44.8 Å². The van der Waals surface area contributed by atoms with E-state index >= 15 is 0 Å². The maximum absolute atomic E-state index is 13.6. The third-order valence-corrected chi connectivity index (χ3v) is 6.57. The fourth-order valence-corrected chi connectivity index (χ4v) is 4.55. The number of nitrogens with zero attached hydrogens (tertiary/aromatic N) is 4. The van der Waals surface area contributed by atoms with Gasteiger partial charge in [-0.1, -0.05) is 12.1 Å². The molecule has 0 N–H and O–H groups in total. The lowest BCUT2D eigenvalue weighted by Crippen LogP contribution is -2.37. The number of carbonyl (C=O) groups excluding carboxylic acids is 1. The van der Waals surface area contributed by atoms with E-state index in [2.05, 4.69) is 33.7 Å². The standard InChI is InChI=1S/C27H27FN4O2/c1-17(2)32-7-5-18(6-8-32)27-31-25(16-34-27)26(33)12-24-11-21-9-19(3-4-20(21)14-30-24)22-10-23(28)15-29-13-22/h3-4,9-11,13-18H,5-8,12H2,1-2H3. The summed E-state index contributed by atoms with van der Waals surface area (Å²) < 4.78 is 19.3. The van der Waals surface area contributed by atoms with Gasteiger partial charge in [0.25, 0.3) is 0 Å². The average Bonchev–Trinajstić information content (AvgIpc) is 3.34. The van der Waals surface area contributed by atoms with Crippen molar-refractivity contribution in [2.45, 2.75) is 45.1 Å². The van der Waals surface area contributed by atoms with Crippen molar-refractivity contribution in [3.05, 3.63) is 78.3 Å². The zero-order valence-electron chi connectivity index (χ0n) is 19.4. The van der Waals surface area contributed by atoms with Crippen molar-refractivity contribution in [1.82, 2.24) is 19.9 Å². The van der Waals surface area contributed by atoms with E-state index in [4.69, 9.17) is 4.42 Å². The third-order valence-electron chi connectivity index (χ3n) is 6.57. The van der Waals surface area contributed by atoms with Gasteiger partial charge in [-0.15, -0.1) is 0 Å². The highest BCUT2D eigenvalue weighted by atomic mass is 19.1. The monoisotopic (exact) mass is 458 g/mol. The molecule has 34 heavy (non-hydrogen) atoms. The molecule has 1 fully saturated rings. The van der Waals surface area contributed by atoms with Gasteiger partial charge in [0.1, 0.15) is 17.8 Å². The van der Waals surface area contributed by atoms with Gasteiger partial charge in [0.15, 0.2) is 11.7 Å². The van der Waals surface area contributed by atoms with Gasteiger partial charge in [-0.3, -0.25) is 14.8 Å². The zero-order valence-corrected chi connectivity index (χ0v) is 19.4. The summed E-state index contributed by atoms with van der Waals surface area (Å²) in [4.78, 5) is 28.2. The van der Waals surface area contributed by atoms with E-state index < -0.39 is 0 Å². The van der Waals surface area contributed by atoms with Crippen LogP contribution in [0.3, 0.4) is 0 Å². The molecule has 4 heterocycles. The van der Waals surface area contributed by atoms with E-state index in [-0.39, 0.29) is 23.9 Å². The largest absolute Gasteiger partial charge is 0.448 e. The second-order valence-corrected chi connectivity index (χ2v) is 9.20. The van der Waals surface area contributed by atoms with Crippen LogP contribution in [0.4, 0.5) is 4.39 Å². The Morgan fingerprint density at radius 3 is 2.68 bits per heavy atom. The number of halogens is 1. The molecule has 7 heteroatoms. The van der Waals surface area contributed by atoms with Crippen molar-refractivity contribution in [3.8, 4) is 11.1 Å². The van der Waals surface area contributed by atoms with Crippen LogP contribution in [0.5, 0.6) is 0 Å². The number of hydrogen-bond donors (Lipinski definition) is 0. The number of pyridine rings is 2. The van der Waals surface area contributed by atoms with Crippen LogP contribution in [0, 0.1) is 5.82 Å². The summed E-state index contributed by atoms with van der Waals surface area (Å²) in [5, 5.41) is 1.87. The minimum atomic E-state index is -0.379. The number of benzene rings is 1. The highest BCUT2D eigenvalue weighted by molar-refractivity contribution is 5.96. The lowest BCUT2D eigenvalue weighted by molar-refractivity contribution is 0.0987. The first-order valence-corrected chi connectivity index (χ1v) is 11.7. The number of fused-ring (bicyclic) bond motifs is 1. The number of hydrogen-bond acceptors (Lipinski definition) is 6. The van der Waals surface area contributed by atoms with Crippen LogP contribution in [0.25, 0.3) is 21.9 Å². The average molecular weight is 459 g/mol. The molecule has 0 amide bonds. The molecule has 3 aromatic heterocycles. The fourth-order valence-electron chi connectivity index (χ4n) is 4.55. The summed E-state index contributed by atoms with van der Waals surface area (Å²) in [6.07, 6.45) is 8.15. The second-order valence-electron chi connectivity index (χ2n) is 9.20. The van der Waals surface area contributed by atoms with Crippen molar-refractivity contribution >= 4 is 16.6 Å². The summed E-state index contributed by atoms with van der Waals surface area (Å²) in [6, 6.07) is 9.69. The van der Waals surface area contributed by atoms with Gasteiger partial charge in [-0.25, -0.2) is 9.37 Å². The molecule has 1 saturated heterocycles. The first-order chi connectivity index (χ1) is 16.5. The minimum absolute atomic E-state index is 0.119. The predicted molar refractivity (Wildman–Crippen MR) is 128 cm³/mol. The highest BCUT2D eigenvalue weighted by Gasteiger charge is 2.26. The molecule has 5 rings (SSSR count). The molecular formula is C27H27FN4O2. The van der Waals surface area contributed by atoms with Gasteiger partial charge in [-0.2, -0.15) is 0 Å². The Morgan fingerprint density at radius 1 is 1.09 bits per heavy atom. The second kappa shape index (κ2) is 9.43. The van der Waals surface area contributed by atoms with Crippen LogP contribution < -0.4 is 0 Å². The minimum Gasteiger partial charge on any atom is -0.448 e. The topological polar surface area (TPSA) is 72.1 Å². The molecule has 1 aliphatic rings. The van der Waals surface area contributed by atoms with Gasteiger partial charge in [-0.05, 0) is 68.9 Å². The Hall–Kier alpha value is -3.45. The van der Waals surface area contributed by atoms with E-state index in [1.54, 1.807) is 12.4 Å². The van der Waals surface area contributed by atoms with Gasteiger partial charge >= 0.3 is 0 Å². The number of oxazole rings is 1. The molecule has 4 aromatic rings. The van der Waals surface area contributed by atoms with Crippen LogP contribution in [0.2, 0.25) is 0 Å². The van der Waals surface area contributed by atoms with E-state index in [1.807, 2.05) is 24.3 Å². The van der Waals surface area contributed by atoms with Crippen molar-refractivity contribution in [3.63, 3.8) is 0 Å². The fraction of sp³-hybridized carbons (Fsp3) is 0.333. The molecule has 0 atom stereocenters. The number of Topliss-reactive ketones (excluding diaryl/α,β-unsaturated/α-hetero) is 1. The lowest BCUT2D eigenvalue weighted by Gasteiger charge is -2.33. The molecule has 0 aliphatic carbocycles. The first-order valence-electron chi connectivity index (χ1n) is 11.7. The van der Waals surface area contributed by atoms with E-state index in [1.165, 1.54) is 18.5 Å². The van der Waals surface area contributed by atoms with E-state index in [0.29, 0.717) is 28.9 Å². The Kier molecular flexibility index (Phi) is 6.20. The molecule has 0 unspecified atom stereocenters. The number of piperidine rings is 1. The summed E-state index contributed by atoms with van der Waals surface area (Å²) in [6.45, 7) is 6.45. The van der Waals surface area contributed by atoms with Gasteiger partial charge < -0.3 is 9.32 Å². The number of likely N-dealkylation sites (tertiary alicyclic amines) is 1. The van der Waals surface area contributed by atoms with Crippen molar-refractivity contribution in [2.75, 3.05) is 13.1 Å². The Morgan fingerprint density at radius 2 is 1.91 bits per heavy atom. The van der Waals surface area contributed by atoms with Crippen LogP contribution >= 0.6 is 0 Å². The van der Waals surface area contributed by atoms with E-state index in [9.17, 15) is 9.18 Å². The summed E-state index contributed by atoms with van der Waals surface area (Å²) >= 11 is 0. The molecule has 0 spiro atoms. The zero-order chi connectivity index (χ0) is 23.7. The Labute approximate surface area is 197 Å². The molecule has 174 valence electrons. The quantitative estimate of drug-likeness (QED) is 0.359. The maximum atomic E-state index is 13.6. The van der Waals surface area contributed by atoms with Crippen molar-refractivity contribution < 1.29 is 13.6 Å². The summed E-state index contributed by atoms with van der Waals surface area (Å²) in [7, 11) is 0. The van der Waals surface area contributed by atoms with Crippen LogP contribution in [0.1, 0.15) is 54.7 Å². The predicted octanol–water partition coefficient (Wildman–Crippen LogP) is 5.44. The molecule has 0 bridgehead atoms. The lowest BCUT2D eigenvalue weighted by atomic mass is 9.96. The van der Waals surface area contributed by atoms with Crippen LogP contribution in [0.15, 0.2) is 59.6 Å². The smallest absolute Gasteiger partial charge is 0.197 e. The highest BCUT2D eigenvalue weighted by Crippen LogP contribution is 2.29. The molecule has 6 nitrogen and oxygen atoms in total. The number of rotatable bonds is 6. The third kappa shape index (κ3) is 4.75. The van der Waals surface area contributed by atoms with Gasteiger partial charge in [0, 0.05) is 41.0 Å². The Balaban J connectivity index is 1.30. The number of carbonyl (C=O) groups is 1. The van der Waals surface area contributed by atoms with Crippen LogP contribution in [-0.2, 0) is 6.42 Å². The number of ketones is 1.